The molecule has 0 atom stereocenters. The Morgan fingerprint density at radius 3 is 2.91 bits per heavy atom. The molecule has 1 aliphatic rings. The van der Waals surface area contributed by atoms with Gasteiger partial charge in [0.1, 0.15) is 0 Å². The molecule has 0 bridgehead atoms. The first-order valence-corrected chi connectivity index (χ1v) is 3.88. The molecule has 0 saturated heterocycles. The first kappa shape index (κ1) is 8.18. The topological polar surface area (TPSA) is 18.5 Å². The number of ether oxygens (including phenoxy) is 2. The van der Waals surface area contributed by atoms with Crippen molar-refractivity contribution in [3.8, 4) is 0 Å². The van der Waals surface area contributed by atoms with Gasteiger partial charge in [0.15, 0.2) is 0 Å². The van der Waals surface area contributed by atoms with Crippen LogP contribution in [0.1, 0.15) is 20.3 Å². The van der Waals surface area contributed by atoms with Crippen LogP contribution in [0, 0.1) is 0 Å². The molecule has 0 saturated carbocycles. The highest BCUT2D eigenvalue weighted by Gasteiger charge is 1.95. The Kier molecular flexibility index (Phi) is 3.02. The van der Waals surface area contributed by atoms with E-state index in [1.165, 1.54) is 0 Å². The van der Waals surface area contributed by atoms with Crippen molar-refractivity contribution in [2.45, 2.75) is 20.3 Å². The zero-order chi connectivity index (χ0) is 8.10. The second-order valence-electron chi connectivity index (χ2n) is 2.69. The van der Waals surface area contributed by atoms with Gasteiger partial charge in [-0.05, 0) is 25.5 Å². The average Bonchev–Trinajstić information content (AvgIpc) is 2.02. The van der Waals surface area contributed by atoms with Gasteiger partial charge in [0, 0.05) is 6.42 Å². The van der Waals surface area contributed by atoms with E-state index in [-0.39, 0.29) is 0 Å². The summed E-state index contributed by atoms with van der Waals surface area (Å²) in [4.78, 5) is 0. The van der Waals surface area contributed by atoms with Crippen LogP contribution in [0.4, 0.5) is 0 Å². The van der Waals surface area contributed by atoms with Gasteiger partial charge in [0.25, 0.3) is 0 Å². The first-order valence-electron chi connectivity index (χ1n) is 3.88. The summed E-state index contributed by atoms with van der Waals surface area (Å²) in [5.41, 5.74) is 1.10. The lowest BCUT2D eigenvalue weighted by Gasteiger charge is -2.02. The van der Waals surface area contributed by atoms with Crippen LogP contribution in [0.25, 0.3) is 0 Å². The second-order valence-corrected chi connectivity index (χ2v) is 2.69. The Bertz CT molecular complexity index is 180. The minimum absolute atomic E-state index is 0.748. The molecule has 2 nitrogen and oxygen atoms in total. The molecule has 62 valence electrons. The largest absolute Gasteiger partial charge is 0.501 e. The van der Waals surface area contributed by atoms with Gasteiger partial charge in [-0.25, -0.2) is 0 Å². The molecule has 0 N–H and O–H groups in total. The Morgan fingerprint density at radius 1 is 1.27 bits per heavy atom. The molecule has 0 aromatic heterocycles. The number of allylic oxidation sites excluding steroid dienone is 3. The standard InChI is InChI=1S/C9H14O2/c1-8-6-9(2)11-5-3-4-10-7-8/h6-7H,3-5H2,1-2H3/b8-7-,9-6-. The van der Waals surface area contributed by atoms with Crippen molar-refractivity contribution < 1.29 is 9.47 Å². The van der Waals surface area contributed by atoms with Crippen LogP contribution in [-0.4, -0.2) is 13.2 Å². The summed E-state index contributed by atoms with van der Waals surface area (Å²) in [6.45, 7) is 5.46. The molecule has 1 rings (SSSR count). The smallest absolute Gasteiger partial charge is 0.0932 e. The molecule has 0 aliphatic carbocycles. The van der Waals surface area contributed by atoms with Crippen LogP contribution in [0.5, 0.6) is 0 Å². The van der Waals surface area contributed by atoms with E-state index >= 15 is 0 Å². The summed E-state index contributed by atoms with van der Waals surface area (Å²) in [6, 6.07) is 0. The van der Waals surface area contributed by atoms with Gasteiger partial charge in [0.05, 0.1) is 25.2 Å². The molecule has 1 aliphatic heterocycles. The van der Waals surface area contributed by atoms with Gasteiger partial charge in [-0.2, -0.15) is 0 Å². The van der Waals surface area contributed by atoms with E-state index in [1.54, 1.807) is 6.26 Å². The molecular weight excluding hydrogens is 140 g/mol. The quantitative estimate of drug-likeness (QED) is 0.532. The fourth-order valence-corrected chi connectivity index (χ4v) is 0.962. The molecular formula is C9H14O2. The van der Waals surface area contributed by atoms with E-state index in [0.29, 0.717) is 0 Å². The number of hydrogen-bond donors (Lipinski definition) is 0. The number of rotatable bonds is 0. The predicted octanol–water partition coefficient (Wildman–Crippen LogP) is 2.23. The highest BCUT2D eigenvalue weighted by atomic mass is 16.5. The zero-order valence-electron chi connectivity index (χ0n) is 7.09. The minimum Gasteiger partial charge on any atom is -0.501 e. The maximum atomic E-state index is 5.37. The van der Waals surface area contributed by atoms with Crippen molar-refractivity contribution in [3.05, 3.63) is 23.7 Å². The van der Waals surface area contributed by atoms with Crippen molar-refractivity contribution in [2.24, 2.45) is 0 Å². The zero-order valence-corrected chi connectivity index (χ0v) is 7.09. The number of hydrogen-bond acceptors (Lipinski definition) is 2. The van der Waals surface area contributed by atoms with Gasteiger partial charge in [-0.3, -0.25) is 0 Å². The predicted molar refractivity (Wildman–Crippen MR) is 44.0 cm³/mol. The SMILES string of the molecule is CC1=C/OCCCO/C(C)=C\1. The Morgan fingerprint density at radius 2 is 2.09 bits per heavy atom. The summed E-state index contributed by atoms with van der Waals surface area (Å²) in [7, 11) is 0. The summed E-state index contributed by atoms with van der Waals surface area (Å²) in [5.74, 6) is 0.962. The maximum Gasteiger partial charge on any atom is 0.0932 e. The Balaban J connectivity index is 2.59. The summed E-state index contributed by atoms with van der Waals surface area (Å²) in [5, 5.41) is 0. The van der Waals surface area contributed by atoms with E-state index in [1.807, 2.05) is 19.9 Å². The van der Waals surface area contributed by atoms with Crippen LogP contribution < -0.4 is 0 Å². The fourth-order valence-electron chi connectivity index (χ4n) is 0.962. The fraction of sp³-hybridized carbons (Fsp3) is 0.556. The average molecular weight is 154 g/mol. The van der Waals surface area contributed by atoms with E-state index in [4.69, 9.17) is 9.47 Å². The second kappa shape index (κ2) is 4.06. The lowest BCUT2D eigenvalue weighted by Crippen LogP contribution is -1.95. The van der Waals surface area contributed by atoms with Crippen molar-refractivity contribution in [3.63, 3.8) is 0 Å². The van der Waals surface area contributed by atoms with Crippen LogP contribution in [-0.2, 0) is 9.47 Å². The van der Waals surface area contributed by atoms with Gasteiger partial charge < -0.3 is 9.47 Å². The van der Waals surface area contributed by atoms with Gasteiger partial charge in [0.2, 0.25) is 0 Å². The minimum atomic E-state index is 0.748. The maximum absolute atomic E-state index is 5.37. The van der Waals surface area contributed by atoms with Crippen molar-refractivity contribution >= 4 is 0 Å². The van der Waals surface area contributed by atoms with Gasteiger partial charge in [-0.1, -0.05) is 0 Å². The summed E-state index contributed by atoms with van der Waals surface area (Å²) in [6.07, 6.45) is 4.71. The van der Waals surface area contributed by atoms with Crippen molar-refractivity contribution in [1.29, 1.82) is 0 Å². The van der Waals surface area contributed by atoms with Crippen LogP contribution in [0.15, 0.2) is 23.7 Å². The third-order valence-electron chi connectivity index (χ3n) is 1.44. The van der Waals surface area contributed by atoms with E-state index in [2.05, 4.69) is 0 Å². The molecule has 2 heteroatoms. The molecule has 0 amide bonds. The van der Waals surface area contributed by atoms with Crippen molar-refractivity contribution in [2.75, 3.05) is 13.2 Å². The lowest BCUT2D eigenvalue weighted by molar-refractivity contribution is 0.170. The summed E-state index contributed by atoms with van der Waals surface area (Å²) < 4.78 is 10.6. The van der Waals surface area contributed by atoms with Crippen LogP contribution in [0.2, 0.25) is 0 Å². The van der Waals surface area contributed by atoms with Crippen molar-refractivity contribution in [1.82, 2.24) is 0 Å². The lowest BCUT2D eigenvalue weighted by atomic mass is 10.3. The molecule has 0 unspecified atom stereocenters. The first-order chi connectivity index (χ1) is 5.29. The third-order valence-corrected chi connectivity index (χ3v) is 1.44. The van der Waals surface area contributed by atoms with Crippen LogP contribution >= 0.6 is 0 Å². The van der Waals surface area contributed by atoms with Gasteiger partial charge >= 0.3 is 0 Å². The highest BCUT2D eigenvalue weighted by molar-refractivity contribution is 5.15. The highest BCUT2D eigenvalue weighted by Crippen LogP contribution is 2.06. The third kappa shape index (κ3) is 3.12. The van der Waals surface area contributed by atoms with Crippen LogP contribution in [0.3, 0.4) is 0 Å². The molecule has 0 spiro atoms. The van der Waals surface area contributed by atoms with E-state index in [0.717, 1.165) is 31.0 Å². The van der Waals surface area contributed by atoms with Gasteiger partial charge in [-0.15, -0.1) is 0 Å². The van der Waals surface area contributed by atoms with E-state index < -0.39 is 0 Å². The van der Waals surface area contributed by atoms with E-state index in [9.17, 15) is 0 Å². The molecule has 0 fully saturated rings. The summed E-state index contributed by atoms with van der Waals surface area (Å²) >= 11 is 0. The Hall–Kier alpha value is -0.920. The molecule has 0 radical (unpaired) electrons. The molecule has 0 aromatic rings. The Labute approximate surface area is 67.5 Å². The molecule has 1 heterocycles. The molecule has 11 heavy (non-hydrogen) atoms. The molecule has 0 aromatic carbocycles. The normalized spacial score (nSPS) is 28.9. The monoisotopic (exact) mass is 154 g/mol.